The number of carbonyl (C=O) groups is 3. The first-order chi connectivity index (χ1) is 20.2. The molecular formula is C33H45N3O6. The Morgan fingerprint density at radius 1 is 0.976 bits per heavy atom. The van der Waals surface area contributed by atoms with Crippen molar-refractivity contribution < 1.29 is 29.0 Å². The molecular weight excluding hydrogens is 534 g/mol. The van der Waals surface area contributed by atoms with Gasteiger partial charge in [-0.05, 0) is 49.9 Å². The van der Waals surface area contributed by atoms with Crippen LogP contribution in [-0.4, -0.2) is 88.8 Å². The number of fused-ring (bicyclic) bond motifs is 2. The third kappa shape index (κ3) is 4.65. The van der Waals surface area contributed by atoms with Crippen molar-refractivity contribution >= 4 is 23.4 Å². The lowest BCUT2D eigenvalue weighted by Crippen LogP contribution is -2.59. The molecule has 1 unspecified atom stereocenters. The number of rotatable bonds is 10. The molecule has 42 heavy (non-hydrogen) atoms. The van der Waals surface area contributed by atoms with E-state index in [1.807, 2.05) is 76.3 Å². The van der Waals surface area contributed by atoms with Gasteiger partial charge in [0.1, 0.15) is 17.4 Å². The van der Waals surface area contributed by atoms with Gasteiger partial charge in [-0.25, -0.2) is 0 Å². The third-order valence-corrected chi connectivity index (χ3v) is 9.52. The molecule has 4 aliphatic heterocycles. The van der Waals surface area contributed by atoms with E-state index in [1.165, 1.54) is 0 Å². The molecule has 1 N–H and O–H groups in total. The number of anilines is 1. The normalized spacial score (nSPS) is 31.3. The van der Waals surface area contributed by atoms with Gasteiger partial charge in [0, 0.05) is 25.3 Å². The van der Waals surface area contributed by atoms with Gasteiger partial charge in [0.15, 0.2) is 0 Å². The highest BCUT2D eigenvalue weighted by molar-refractivity contribution is 6.04. The molecule has 1 aromatic rings. The average molecular weight is 580 g/mol. The summed E-state index contributed by atoms with van der Waals surface area (Å²) in [6.07, 6.45) is 9.91. The Morgan fingerprint density at radius 2 is 1.69 bits per heavy atom. The fourth-order valence-electron chi connectivity index (χ4n) is 7.39. The van der Waals surface area contributed by atoms with E-state index in [9.17, 15) is 19.5 Å². The van der Waals surface area contributed by atoms with Crippen LogP contribution in [0, 0.1) is 17.8 Å². The summed E-state index contributed by atoms with van der Waals surface area (Å²) in [7, 11) is 0. The van der Waals surface area contributed by atoms with E-state index in [4.69, 9.17) is 9.47 Å². The molecule has 228 valence electrons. The summed E-state index contributed by atoms with van der Waals surface area (Å²) in [5.74, 6) is -1.86. The second-order valence-electron chi connectivity index (χ2n) is 12.2. The fraction of sp³-hybridized carbons (Fsp3) is 0.606. The number of unbranched alkanes of at least 4 members (excludes halogenated alkanes) is 1. The fourth-order valence-corrected chi connectivity index (χ4v) is 7.39. The Bertz CT molecular complexity index is 1240. The average Bonchev–Trinajstić information content (AvgIpc) is 3.27. The largest absolute Gasteiger partial charge is 0.494 e. The number of aliphatic hydroxyl groups is 1. The van der Waals surface area contributed by atoms with Crippen molar-refractivity contribution in [2.24, 2.45) is 17.8 Å². The van der Waals surface area contributed by atoms with Gasteiger partial charge in [-0.2, -0.15) is 0 Å². The van der Waals surface area contributed by atoms with Crippen LogP contribution in [0.3, 0.4) is 0 Å². The maximum atomic E-state index is 14.7. The van der Waals surface area contributed by atoms with Crippen molar-refractivity contribution in [3.05, 3.63) is 48.6 Å². The Kier molecular flexibility index (Phi) is 8.54. The van der Waals surface area contributed by atoms with Crippen LogP contribution in [0.25, 0.3) is 0 Å². The number of nitrogens with zero attached hydrogens (tertiary/aromatic N) is 3. The standard InChI is InChI=1S/C33H45N3O6/c1-6-9-18-34-19-11-17-33-27(30(39)36(28(33)31(34)40)25(21-37)22(4)5)26-29(38)35(20-10-16-32(26,7-2)42-33)23-12-14-24(15-13-23)41-8-3/h10-17,22,25-28,37H,6-9,18-21H2,1-5H3/t25-,26-,27-,28?,32+,33-/m0/s1. The Labute approximate surface area is 249 Å². The van der Waals surface area contributed by atoms with Crippen molar-refractivity contribution in [1.29, 1.82) is 0 Å². The lowest BCUT2D eigenvalue weighted by Gasteiger charge is -2.41. The molecule has 1 spiro atoms. The lowest BCUT2D eigenvalue weighted by molar-refractivity contribution is -0.156. The van der Waals surface area contributed by atoms with E-state index in [2.05, 4.69) is 6.92 Å². The number of benzene rings is 1. The van der Waals surface area contributed by atoms with Gasteiger partial charge in [0.05, 0.1) is 36.7 Å². The highest BCUT2D eigenvalue weighted by Gasteiger charge is 2.76. The van der Waals surface area contributed by atoms with Crippen LogP contribution >= 0.6 is 0 Å². The Hall–Kier alpha value is -3.17. The third-order valence-electron chi connectivity index (χ3n) is 9.52. The van der Waals surface area contributed by atoms with Crippen LogP contribution in [0.1, 0.15) is 53.9 Å². The predicted octanol–water partition coefficient (Wildman–Crippen LogP) is 3.56. The molecule has 2 fully saturated rings. The molecule has 4 heterocycles. The first-order valence-corrected chi connectivity index (χ1v) is 15.5. The second kappa shape index (κ2) is 11.8. The predicted molar refractivity (Wildman–Crippen MR) is 160 cm³/mol. The summed E-state index contributed by atoms with van der Waals surface area (Å²) in [6, 6.07) is 5.82. The maximum absolute atomic E-state index is 14.7. The second-order valence-corrected chi connectivity index (χ2v) is 12.2. The van der Waals surface area contributed by atoms with Crippen molar-refractivity contribution in [3.63, 3.8) is 0 Å². The molecule has 5 rings (SSSR count). The molecule has 9 heteroatoms. The minimum absolute atomic E-state index is 0.111. The van der Waals surface area contributed by atoms with Gasteiger partial charge in [-0.1, -0.05) is 58.4 Å². The van der Waals surface area contributed by atoms with Gasteiger partial charge >= 0.3 is 0 Å². The molecule has 6 atom stereocenters. The summed E-state index contributed by atoms with van der Waals surface area (Å²) >= 11 is 0. The molecule has 1 aromatic carbocycles. The Morgan fingerprint density at radius 3 is 2.31 bits per heavy atom. The number of ether oxygens (including phenoxy) is 2. The van der Waals surface area contributed by atoms with Gasteiger partial charge in [-0.3, -0.25) is 14.4 Å². The monoisotopic (exact) mass is 579 g/mol. The van der Waals surface area contributed by atoms with Crippen LogP contribution in [-0.2, 0) is 19.1 Å². The van der Waals surface area contributed by atoms with Gasteiger partial charge in [0.25, 0.3) is 0 Å². The zero-order valence-electron chi connectivity index (χ0n) is 25.5. The number of carbonyl (C=O) groups excluding carboxylic acids is 3. The van der Waals surface area contributed by atoms with E-state index in [0.29, 0.717) is 44.1 Å². The summed E-state index contributed by atoms with van der Waals surface area (Å²) in [4.78, 5) is 48.8. The van der Waals surface area contributed by atoms with Crippen molar-refractivity contribution in [1.82, 2.24) is 9.80 Å². The smallest absolute Gasteiger partial charge is 0.249 e. The number of likely N-dealkylation sites (tertiary alicyclic amines) is 1. The zero-order valence-corrected chi connectivity index (χ0v) is 25.5. The molecule has 4 aliphatic rings. The van der Waals surface area contributed by atoms with E-state index in [-0.39, 0.29) is 30.2 Å². The summed E-state index contributed by atoms with van der Waals surface area (Å²) < 4.78 is 12.6. The molecule has 9 nitrogen and oxygen atoms in total. The SMILES string of the molecule is CCCCN1CC=C[C@]23O[C@]4(CC)C=CCN(c5ccc(OCC)cc5)C(=O)[C@@H]4[C@H]2C(=O)N([C@@H](CO)C(C)C)C3C1=O. The zero-order chi connectivity index (χ0) is 30.2. The molecule has 0 saturated carbocycles. The van der Waals surface area contributed by atoms with Crippen molar-refractivity contribution in [3.8, 4) is 5.75 Å². The molecule has 0 aliphatic carbocycles. The van der Waals surface area contributed by atoms with E-state index >= 15 is 0 Å². The number of aliphatic hydroxyl groups excluding tert-OH is 1. The summed E-state index contributed by atoms with van der Waals surface area (Å²) in [6.45, 7) is 11.4. The topological polar surface area (TPSA) is 99.6 Å². The first kappa shape index (κ1) is 30.3. The summed E-state index contributed by atoms with van der Waals surface area (Å²) in [5, 5.41) is 10.5. The molecule has 2 saturated heterocycles. The van der Waals surface area contributed by atoms with E-state index in [0.717, 1.165) is 12.8 Å². The van der Waals surface area contributed by atoms with Crippen LogP contribution in [0.4, 0.5) is 5.69 Å². The van der Waals surface area contributed by atoms with Crippen molar-refractivity contribution in [2.45, 2.75) is 77.2 Å². The maximum Gasteiger partial charge on any atom is 0.249 e. The molecule has 0 radical (unpaired) electrons. The quantitative estimate of drug-likeness (QED) is 0.426. The van der Waals surface area contributed by atoms with E-state index in [1.54, 1.807) is 14.7 Å². The van der Waals surface area contributed by atoms with Crippen LogP contribution in [0.2, 0.25) is 0 Å². The minimum atomic E-state index is -1.33. The number of amides is 3. The minimum Gasteiger partial charge on any atom is -0.494 e. The summed E-state index contributed by atoms with van der Waals surface area (Å²) in [5.41, 5.74) is -1.69. The van der Waals surface area contributed by atoms with Crippen molar-refractivity contribution in [2.75, 3.05) is 37.7 Å². The number of hydrogen-bond donors (Lipinski definition) is 1. The van der Waals surface area contributed by atoms with Gasteiger partial charge < -0.3 is 29.3 Å². The van der Waals surface area contributed by atoms with E-state index < -0.39 is 35.1 Å². The van der Waals surface area contributed by atoms with Gasteiger partial charge in [0.2, 0.25) is 17.7 Å². The van der Waals surface area contributed by atoms with Crippen LogP contribution in [0.5, 0.6) is 5.75 Å². The molecule has 0 aromatic heterocycles. The lowest BCUT2D eigenvalue weighted by atomic mass is 9.73. The highest BCUT2D eigenvalue weighted by atomic mass is 16.5. The first-order valence-electron chi connectivity index (χ1n) is 15.5. The molecule has 0 bridgehead atoms. The Balaban J connectivity index is 1.63. The highest BCUT2D eigenvalue weighted by Crippen LogP contribution is 2.59. The number of hydrogen-bond acceptors (Lipinski definition) is 6. The molecule has 3 amide bonds. The van der Waals surface area contributed by atoms with Crippen LogP contribution < -0.4 is 9.64 Å². The van der Waals surface area contributed by atoms with Crippen LogP contribution in [0.15, 0.2) is 48.6 Å². The van der Waals surface area contributed by atoms with Gasteiger partial charge in [-0.15, -0.1) is 0 Å².